The van der Waals surface area contributed by atoms with E-state index in [0.29, 0.717) is 19.6 Å². The van der Waals surface area contributed by atoms with E-state index < -0.39 is 10.0 Å². The van der Waals surface area contributed by atoms with Crippen molar-refractivity contribution in [3.63, 3.8) is 0 Å². The third-order valence-corrected chi connectivity index (χ3v) is 4.00. The summed E-state index contributed by atoms with van der Waals surface area (Å²) in [6.45, 7) is 2.90. The molecule has 6 heteroatoms. The summed E-state index contributed by atoms with van der Waals surface area (Å²) in [5.74, 6) is 0.0834. The third kappa shape index (κ3) is 5.72. The lowest BCUT2D eigenvalue weighted by Gasteiger charge is -2.18. The molecule has 15 heavy (non-hydrogen) atoms. The average molecular weight is 234 g/mol. The summed E-state index contributed by atoms with van der Waals surface area (Å²) >= 11 is 0. The molecule has 0 saturated heterocycles. The van der Waals surface area contributed by atoms with E-state index in [1.807, 2.05) is 6.07 Å². The summed E-state index contributed by atoms with van der Waals surface area (Å²) in [6.07, 6.45) is 0.721. The Morgan fingerprint density at radius 3 is 2.60 bits per heavy atom. The van der Waals surface area contributed by atoms with Gasteiger partial charge in [-0.15, -0.1) is 0 Å². The zero-order chi connectivity index (χ0) is 11.7. The van der Waals surface area contributed by atoms with Gasteiger partial charge >= 0.3 is 0 Å². The van der Waals surface area contributed by atoms with Crippen LogP contribution < -0.4 is 0 Å². The topological polar surface area (TPSA) is 70.4 Å². The van der Waals surface area contributed by atoms with Gasteiger partial charge in [0.1, 0.15) is 0 Å². The van der Waals surface area contributed by atoms with Gasteiger partial charge < -0.3 is 4.74 Å². The molecule has 0 bridgehead atoms. The lowest BCUT2D eigenvalue weighted by molar-refractivity contribution is 0.199. The quantitative estimate of drug-likeness (QED) is 0.576. The second-order valence-electron chi connectivity index (χ2n) is 3.06. The lowest BCUT2D eigenvalue weighted by atomic mass is 10.5. The minimum Gasteiger partial charge on any atom is -0.385 e. The van der Waals surface area contributed by atoms with Crippen molar-refractivity contribution >= 4 is 10.0 Å². The first-order chi connectivity index (χ1) is 7.08. The molecule has 0 aliphatic heterocycles. The zero-order valence-corrected chi connectivity index (χ0v) is 10.1. The van der Waals surface area contributed by atoms with Crippen molar-refractivity contribution in [2.24, 2.45) is 0 Å². The molecule has 0 spiro atoms. The molecule has 0 heterocycles. The van der Waals surface area contributed by atoms with Crippen molar-refractivity contribution in [2.75, 3.05) is 32.6 Å². The number of nitriles is 1. The molecule has 0 aliphatic rings. The minimum atomic E-state index is -3.21. The third-order valence-electron chi connectivity index (χ3n) is 1.97. The normalized spacial score (nSPS) is 11.6. The van der Waals surface area contributed by atoms with Gasteiger partial charge in [-0.2, -0.15) is 5.26 Å². The zero-order valence-electron chi connectivity index (χ0n) is 9.27. The largest absolute Gasteiger partial charge is 0.385 e. The van der Waals surface area contributed by atoms with Gasteiger partial charge in [0.15, 0.2) is 0 Å². The maximum atomic E-state index is 11.7. The molecule has 0 aromatic rings. The predicted octanol–water partition coefficient (Wildman–Crippen LogP) is 0.588. The second kappa shape index (κ2) is 7.63. The number of hydrogen-bond donors (Lipinski definition) is 0. The highest BCUT2D eigenvalue weighted by Gasteiger charge is 2.19. The van der Waals surface area contributed by atoms with Crippen LogP contribution in [0.4, 0.5) is 0 Å². The van der Waals surface area contributed by atoms with Crippen LogP contribution in [0.5, 0.6) is 0 Å². The van der Waals surface area contributed by atoms with Crippen LogP contribution in [0, 0.1) is 11.3 Å². The molecule has 0 rings (SSSR count). The number of sulfonamides is 1. The Hall–Kier alpha value is -0.640. The summed E-state index contributed by atoms with van der Waals surface area (Å²) in [5.41, 5.74) is 0. The highest BCUT2D eigenvalue weighted by molar-refractivity contribution is 7.89. The van der Waals surface area contributed by atoms with Gasteiger partial charge in [-0.05, 0) is 6.42 Å². The Kier molecular flexibility index (Phi) is 7.30. The molecule has 0 aliphatic carbocycles. The highest BCUT2D eigenvalue weighted by atomic mass is 32.2. The monoisotopic (exact) mass is 234 g/mol. The van der Waals surface area contributed by atoms with E-state index in [0.717, 1.165) is 0 Å². The molecule has 0 unspecified atom stereocenters. The van der Waals surface area contributed by atoms with Crippen molar-refractivity contribution < 1.29 is 13.2 Å². The average Bonchev–Trinajstić information content (AvgIpc) is 2.19. The van der Waals surface area contributed by atoms with Crippen molar-refractivity contribution in [1.82, 2.24) is 4.31 Å². The van der Waals surface area contributed by atoms with Crippen LogP contribution in [0.3, 0.4) is 0 Å². The second-order valence-corrected chi connectivity index (χ2v) is 5.15. The number of hydrogen-bond acceptors (Lipinski definition) is 4. The lowest BCUT2D eigenvalue weighted by Crippen LogP contribution is -2.33. The maximum Gasteiger partial charge on any atom is 0.214 e. The molecule has 0 amide bonds. The van der Waals surface area contributed by atoms with Crippen molar-refractivity contribution in [3.05, 3.63) is 0 Å². The van der Waals surface area contributed by atoms with Gasteiger partial charge in [-0.25, -0.2) is 12.7 Å². The van der Waals surface area contributed by atoms with E-state index in [1.165, 1.54) is 4.31 Å². The smallest absolute Gasteiger partial charge is 0.214 e. The van der Waals surface area contributed by atoms with E-state index in [2.05, 4.69) is 0 Å². The van der Waals surface area contributed by atoms with E-state index in [9.17, 15) is 8.42 Å². The molecule has 0 aromatic carbocycles. The number of ether oxygens (including phenoxy) is 1. The first-order valence-electron chi connectivity index (χ1n) is 4.92. The van der Waals surface area contributed by atoms with Gasteiger partial charge in [0, 0.05) is 33.2 Å². The Morgan fingerprint density at radius 1 is 1.47 bits per heavy atom. The summed E-state index contributed by atoms with van der Waals surface area (Å²) in [7, 11) is -1.67. The fourth-order valence-corrected chi connectivity index (χ4v) is 2.69. The summed E-state index contributed by atoms with van der Waals surface area (Å²) in [5, 5.41) is 8.40. The van der Waals surface area contributed by atoms with E-state index in [1.54, 1.807) is 14.0 Å². The van der Waals surface area contributed by atoms with E-state index >= 15 is 0 Å². The SMILES string of the molecule is CCN(CCC#N)S(=O)(=O)CCCOC. The molecular weight excluding hydrogens is 216 g/mol. The first kappa shape index (κ1) is 14.4. The van der Waals surface area contributed by atoms with Gasteiger partial charge in [0.05, 0.1) is 11.8 Å². The fraction of sp³-hybridized carbons (Fsp3) is 0.889. The minimum absolute atomic E-state index is 0.0834. The number of methoxy groups -OCH3 is 1. The molecule has 0 radical (unpaired) electrons. The van der Waals surface area contributed by atoms with E-state index in [4.69, 9.17) is 10.00 Å². The van der Waals surface area contributed by atoms with Gasteiger partial charge in [0.25, 0.3) is 0 Å². The molecule has 0 N–H and O–H groups in total. The van der Waals surface area contributed by atoms with Crippen LogP contribution in [-0.2, 0) is 14.8 Å². The molecule has 0 aromatic heterocycles. The Morgan fingerprint density at radius 2 is 2.13 bits per heavy atom. The maximum absolute atomic E-state index is 11.7. The molecule has 0 fully saturated rings. The van der Waals surface area contributed by atoms with Crippen LogP contribution >= 0.6 is 0 Å². The van der Waals surface area contributed by atoms with Crippen molar-refractivity contribution in [3.8, 4) is 6.07 Å². The molecule has 0 atom stereocenters. The number of nitrogens with zero attached hydrogens (tertiary/aromatic N) is 2. The van der Waals surface area contributed by atoms with E-state index in [-0.39, 0.29) is 18.7 Å². The van der Waals surface area contributed by atoms with Crippen molar-refractivity contribution in [2.45, 2.75) is 19.8 Å². The molecular formula is C9H18N2O3S. The molecule has 0 saturated carbocycles. The number of rotatable bonds is 8. The van der Waals surface area contributed by atoms with Crippen LogP contribution in [0.15, 0.2) is 0 Å². The van der Waals surface area contributed by atoms with Gasteiger partial charge in [-0.1, -0.05) is 6.92 Å². The predicted molar refractivity (Wildman–Crippen MR) is 57.8 cm³/mol. The summed E-state index contributed by atoms with van der Waals surface area (Å²) in [6, 6.07) is 1.94. The Labute approximate surface area is 91.7 Å². The van der Waals surface area contributed by atoms with Gasteiger partial charge in [-0.3, -0.25) is 0 Å². The fourth-order valence-electron chi connectivity index (χ4n) is 1.18. The highest BCUT2D eigenvalue weighted by Crippen LogP contribution is 2.04. The van der Waals surface area contributed by atoms with Crippen LogP contribution in [0.2, 0.25) is 0 Å². The van der Waals surface area contributed by atoms with Crippen LogP contribution in [0.1, 0.15) is 19.8 Å². The Bertz CT molecular complexity index is 295. The molecule has 88 valence electrons. The standard InChI is InChI=1S/C9H18N2O3S/c1-3-11(7-4-6-10)15(12,13)9-5-8-14-2/h3-5,7-9H2,1-2H3. The summed E-state index contributed by atoms with van der Waals surface area (Å²) in [4.78, 5) is 0. The first-order valence-corrected chi connectivity index (χ1v) is 6.53. The molecule has 5 nitrogen and oxygen atoms in total. The van der Waals surface area contributed by atoms with Crippen LogP contribution in [0.25, 0.3) is 0 Å². The van der Waals surface area contributed by atoms with Crippen molar-refractivity contribution in [1.29, 1.82) is 5.26 Å². The van der Waals surface area contributed by atoms with Crippen LogP contribution in [-0.4, -0.2) is 45.3 Å². The summed E-state index contributed by atoms with van der Waals surface area (Å²) < 4.78 is 29.5. The van der Waals surface area contributed by atoms with Gasteiger partial charge in [0.2, 0.25) is 10.0 Å². The Balaban J connectivity index is 4.20.